The molecule has 0 radical (unpaired) electrons. The molecule has 2 aromatic rings. The first-order chi connectivity index (χ1) is 9.20. The number of rotatable bonds is 5. The molecule has 0 atom stereocenters. The van der Waals surface area contributed by atoms with E-state index in [1.807, 2.05) is 44.2 Å². The summed E-state index contributed by atoms with van der Waals surface area (Å²) in [5.74, 6) is 0.931. The number of benzene rings is 1. The van der Waals surface area contributed by atoms with E-state index in [1.54, 1.807) is 0 Å². The molecule has 3 nitrogen and oxygen atoms in total. The number of halogens is 1. The molecule has 0 bridgehead atoms. The van der Waals surface area contributed by atoms with Crippen LogP contribution in [0.2, 0.25) is 0 Å². The molecule has 0 amide bonds. The van der Waals surface area contributed by atoms with E-state index in [2.05, 4.69) is 32.3 Å². The minimum atomic E-state index is 0.676. The van der Waals surface area contributed by atoms with Crippen molar-refractivity contribution < 1.29 is 4.74 Å². The van der Waals surface area contributed by atoms with E-state index < -0.39 is 0 Å². The van der Waals surface area contributed by atoms with Crippen LogP contribution in [0.25, 0.3) is 0 Å². The zero-order valence-corrected chi connectivity index (χ0v) is 12.7. The first kappa shape index (κ1) is 13.9. The molecule has 0 unspecified atom stereocenters. The topological polar surface area (TPSA) is 34.1 Å². The standard InChI is InChI=1S/C15H17BrN2O/c1-3-19-14-7-5-4-6-12(14)10-17-13-8-9-15(16)18-11(13)2/h4-9,17H,3,10H2,1-2H3. The maximum absolute atomic E-state index is 5.61. The Morgan fingerprint density at radius 1 is 1.21 bits per heavy atom. The highest BCUT2D eigenvalue weighted by Gasteiger charge is 2.04. The van der Waals surface area contributed by atoms with Gasteiger partial charge in [-0.1, -0.05) is 18.2 Å². The number of aryl methyl sites for hydroxylation is 1. The Morgan fingerprint density at radius 3 is 2.74 bits per heavy atom. The molecule has 0 saturated heterocycles. The van der Waals surface area contributed by atoms with Gasteiger partial charge in [0.05, 0.1) is 18.0 Å². The van der Waals surface area contributed by atoms with Gasteiger partial charge in [-0.25, -0.2) is 4.98 Å². The van der Waals surface area contributed by atoms with E-state index >= 15 is 0 Å². The number of aromatic nitrogens is 1. The lowest BCUT2D eigenvalue weighted by Gasteiger charge is -2.12. The van der Waals surface area contributed by atoms with Crippen molar-refractivity contribution in [1.29, 1.82) is 0 Å². The van der Waals surface area contributed by atoms with Crippen LogP contribution in [0.15, 0.2) is 41.0 Å². The van der Waals surface area contributed by atoms with Gasteiger partial charge in [0.2, 0.25) is 0 Å². The summed E-state index contributed by atoms with van der Waals surface area (Å²) < 4.78 is 6.46. The summed E-state index contributed by atoms with van der Waals surface area (Å²) >= 11 is 3.37. The minimum Gasteiger partial charge on any atom is -0.494 e. The maximum atomic E-state index is 5.61. The number of hydrogen-bond acceptors (Lipinski definition) is 3. The first-order valence-corrected chi connectivity index (χ1v) is 7.07. The zero-order valence-electron chi connectivity index (χ0n) is 11.1. The van der Waals surface area contributed by atoms with Crippen LogP contribution in [0.4, 0.5) is 5.69 Å². The van der Waals surface area contributed by atoms with Gasteiger partial charge in [0.1, 0.15) is 10.4 Å². The van der Waals surface area contributed by atoms with Gasteiger partial charge >= 0.3 is 0 Å². The van der Waals surface area contributed by atoms with Crippen molar-refractivity contribution in [2.24, 2.45) is 0 Å². The van der Waals surface area contributed by atoms with Crippen LogP contribution in [0, 0.1) is 6.92 Å². The Hall–Kier alpha value is -1.55. The number of nitrogens with zero attached hydrogens (tertiary/aromatic N) is 1. The van der Waals surface area contributed by atoms with Gasteiger partial charge in [-0.15, -0.1) is 0 Å². The van der Waals surface area contributed by atoms with Gasteiger partial charge in [0, 0.05) is 12.1 Å². The number of ether oxygens (including phenoxy) is 1. The first-order valence-electron chi connectivity index (χ1n) is 6.28. The molecule has 0 saturated carbocycles. The van der Waals surface area contributed by atoms with E-state index in [0.717, 1.165) is 33.8 Å². The second kappa shape index (κ2) is 6.57. The fourth-order valence-corrected chi connectivity index (χ4v) is 2.25. The molecule has 1 heterocycles. The van der Waals surface area contributed by atoms with E-state index in [-0.39, 0.29) is 0 Å². The molecule has 0 fully saturated rings. The van der Waals surface area contributed by atoms with Crippen LogP contribution in [-0.4, -0.2) is 11.6 Å². The second-order valence-corrected chi connectivity index (χ2v) is 4.97. The van der Waals surface area contributed by atoms with Crippen molar-refractivity contribution in [3.05, 3.63) is 52.3 Å². The highest BCUT2D eigenvalue weighted by molar-refractivity contribution is 9.10. The van der Waals surface area contributed by atoms with Gasteiger partial charge in [-0.2, -0.15) is 0 Å². The zero-order chi connectivity index (χ0) is 13.7. The Morgan fingerprint density at radius 2 is 2.00 bits per heavy atom. The minimum absolute atomic E-state index is 0.676. The molecule has 0 spiro atoms. The van der Waals surface area contributed by atoms with Crippen molar-refractivity contribution >= 4 is 21.6 Å². The van der Waals surface area contributed by atoms with Gasteiger partial charge in [0.15, 0.2) is 0 Å². The summed E-state index contributed by atoms with van der Waals surface area (Å²) in [6, 6.07) is 12.0. The van der Waals surface area contributed by atoms with E-state index in [1.165, 1.54) is 0 Å². The Labute approximate surface area is 122 Å². The lowest BCUT2D eigenvalue weighted by Crippen LogP contribution is -2.04. The van der Waals surface area contributed by atoms with E-state index in [9.17, 15) is 0 Å². The summed E-state index contributed by atoms with van der Waals surface area (Å²) in [5.41, 5.74) is 3.16. The van der Waals surface area contributed by atoms with Crippen LogP contribution >= 0.6 is 15.9 Å². The van der Waals surface area contributed by atoms with Crippen molar-refractivity contribution in [3.8, 4) is 5.75 Å². The van der Waals surface area contributed by atoms with Gasteiger partial charge in [0.25, 0.3) is 0 Å². The molecule has 1 aromatic heterocycles. The van der Waals surface area contributed by atoms with Gasteiger partial charge in [-0.3, -0.25) is 0 Å². The summed E-state index contributed by atoms with van der Waals surface area (Å²) in [4.78, 5) is 4.37. The normalized spacial score (nSPS) is 10.3. The van der Waals surface area contributed by atoms with E-state index in [4.69, 9.17) is 4.74 Å². The van der Waals surface area contributed by atoms with E-state index in [0.29, 0.717) is 6.61 Å². The second-order valence-electron chi connectivity index (χ2n) is 4.16. The fraction of sp³-hybridized carbons (Fsp3) is 0.267. The molecular weight excluding hydrogens is 304 g/mol. The number of nitrogens with one attached hydrogen (secondary N) is 1. The largest absolute Gasteiger partial charge is 0.494 e. The summed E-state index contributed by atoms with van der Waals surface area (Å²) in [5, 5.41) is 3.39. The van der Waals surface area contributed by atoms with Crippen molar-refractivity contribution in [2.75, 3.05) is 11.9 Å². The predicted molar refractivity (Wildman–Crippen MR) is 81.6 cm³/mol. The van der Waals surface area contributed by atoms with Crippen molar-refractivity contribution in [2.45, 2.75) is 20.4 Å². The molecule has 2 rings (SSSR count). The van der Waals surface area contributed by atoms with Crippen LogP contribution in [0.3, 0.4) is 0 Å². The molecule has 19 heavy (non-hydrogen) atoms. The summed E-state index contributed by atoms with van der Waals surface area (Å²) in [6.45, 7) is 5.38. The summed E-state index contributed by atoms with van der Waals surface area (Å²) in [6.07, 6.45) is 0. The highest BCUT2D eigenvalue weighted by Crippen LogP contribution is 2.21. The summed E-state index contributed by atoms with van der Waals surface area (Å²) in [7, 11) is 0. The quantitative estimate of drug-likeness (QED) is 0.840. The molecule has 1 N–H and O–H groups in total. The van der Waals surface area contributed by atoms with Gasteiger partial charge in [-0.05, 0) is 48.0 Å². The lowest BCUT2D eigenvalue weighted by atomic mass is 10.2. The smallest absolute Gasteiger partial charge is 0.124 e. The van der Waals surface area contributed by atoms with Crippen LogP contribution < -0.4 is 10.1 Å². The third-order valence-electron chi connectivity index (χ3n) is 2.79. The number of para-hydroxylation sites is 1. The van der Waals surface area contributed by atoms with Crippen LogP contribution in [0.1, 0.15) is 18.2 Å². The monoisotopic (exact) mass is 320 g/mol. The number of pyridine rings is 1. The molecule has 1 aromatic carbocycles. The van der Waals surface area contributed by atoms with Crippen LogP contribution in [0.5, 0.6) is 5.75 Å². The molecule has 100 valence electrons. The number of anilines is 1. The average Bonchev–Trinajstić information content (AvgIpc) is 2.40. The third-order valence-corrected chi connectivity index (χ3v) is 3.24. The Bertz CT molecular complexity index is 558. The molecular formula is C15H17BrN2O. The predicted octanol–water partition coefficient (Wildman–Crippen LogP) is 4.16. The molecule has 0 aliphatic heterocycles. The third kappa shape index (κ3) is 3.70. The Kier molecular flexibility index (Phi) is 4.80. The molecule has 0 aliphatic rings. The van der Waals surface area contributed by atoms with Crippen LogP contribution in [-0.2, 0) is 6.54 Å². The lowest BCUT2D eigenvalue weighted by molar-refractivity contribution is 0.337. The molecule has 0 aliphatic carbocycles. The highest BCUT2D eigenvalue weighted by atomic mass is 79.9. The maximum Gasteiger partial charge on any atom is 0.124 e. The SMILES string of the molecule is CCOc1ccccc1CNc1ccc(Br)nc1C. The van der Waals surface area contributed by atoms with Crippen molar-refractivity contribution in [3.63, 3.8) is 0 Å². The Balaban J connectivity index is 2.10. The number of hydrogen-bond donors (Lipinski definition) is 1. The average molecular weight is 321 g/mol. The van der Waals surface area contributed by atoms with Gasteiger partial charge < -0.3 is 10.1 Å². The fourth-order valence-electron chi connectivity index (χ4n) is 1.85. The molecule has 4 heteroatoms. The van der Waals surface area contributed by atoms with Crippen molar-refractivity contribution in [1.82, 2.24) is 4.98 Å².